The van der Waals surface area contributed by atoms with E-state index in [2.05, 4.69) is 6.92 Å². The molecule has 1 aliphatic heterocycles. The lowest BCUT2D eigenvalue weighted by Crippen LogP contribution is -2.18. The molecule has 4 heteroatoms. The molecule has 108 valence electrons. The van der Waals surface area contributed by atoms with Crippen molar-refractivity contribution in [1.82, 2.24) is 0 Å². The second kappa shape index (κ2) is 6.53. The van der Waals surface area contributed by atoms with Gasteiger partial charge >= 0.3 is 5.97 Å². The van der Waals surface area contributed by atoms with Gasteiger partial charge in [-0.3, -0.25) is 4.79 Å². The molecule has 1 heterocycles. The molecular formula is C15H24O4. The second-order valence-corrected chi connectivity index (χ2v) is 5.72. The lowest BCUT2D eigenvalue weighted by molar-refractivity contribution is -0.141. The number of ether oxygens (including phenoxy) is 1. The van der Waals surface area contributed by atoms with E-state index >= 15 is 0 Å². The Hall–Kier alpha value is -0.870. The maximum Gasteiger partial charge on any atom is 0.306 e. The summed E-state index contributed by atoms with van der Waals surface area (Å²) >= 11 is 0. The minimum atomic E-state index is -0.456. The molecule has 0 amide bonds. The molecule has 4 nitrogen and oxygen atoms in total. The Bertz CT molecular complexity index is 339. The minimum absolute atomic E-state index is 0.0581. The van der Waals surface area contributed by atoms with Crippen LogP contribution < -0.4 is 0 Å². The van der Waals surface area contributed by atoms with E-state index in [4.69, 9.17) is 4.74 Å². The van der Waals surface area contributed by atoms with Crippen LogP contribution in [0.2, 0.25) is 0 Å². The zero-order chi connectivity index (χ0) is 13.8. The zero-order valence-corrected chi connectivity index (χ0v) is 11.5. The summed E-state index contributed by atoms with van der Waals surface area (Å²) in [6, 6.07) is 0. The average molecular weight is 268 g/mol. The Morgan fingerprint density at radius 3 is 3.00 bits per heavy atom. The topological polar surface area (TPSA) is 66.8 Å². The van der Waals surface area contributed by atoms with E-state index in [1.54, 1.807) is 6.08 Å². The van der Waals surface area contributed by atoms with Crippen LogP contribution in [0.3, 0.4) is 0 Å². The molecule has 0 unspecified atom stereocenters. The van der Waals surface area contributed by atoms with Crippen molar-refractivity contribution in [3.63, 3.8) is 0 Å². The Morgan fingerprint density at radius 2 is 2.26 bits per heavy atom. The monoisotopic (exact) mass is 268 g/mol. The molecule has 1 saturated heterocycles. The first-order valence-corrected chi connectivity index (χ1v) is 7.35. The molecule has 19 heavy (non-hydrogen) atoms. The molecule has 0 aromatic carbocycles. The molecule has 0 radical (unpaired) electrons. The van der Waals surface area contributed by atoms with Crippen molar-refractivity contribution in [1.29, 1.82) is 0 Å². The summed E-state index contributed by atoms with van der Waals surface area (Å²) in [5, 5.41) is 19.8. The van der Waals surface area contributed by atoms with Crippen LogP contribution in [0.25, 0.3) is 0 Å². The predicted octanol–water partition coefficient (Wildman–Crippen LogP) is 1.80. The highest BCUT2D eigenvalue weighted by Gasteiger charge is 2.48. The molecule has 0 bridgehead atoms. The van der Waals surface area contributed by atoms with Crippen molar-refractivity contribution in [3.8, 4) is 0 Å². The summed E-state index contributed by atoms with van der Waals surface area (Å²) in [5.74, 6) is -0.136. The van der Waals surface area contributed by atoms with Gasteiger partial charge in [0.2, 0.25) is 0 Å². The van der Waals surface area contributed by atoms with Gasteiger partial charge in [-0.15, -0.1) is 0 Å². The fourth-order valence-corrected chi connectivity index (χ4v) is 3.14. The van der Waals surface area contributed by atoms with Gasteiger partial charge in [0.1, 0.15) is 6.10 Å². The third kappa shape index (κ3) is 3.57. The lowest BCUT2D eigenvalue weighted by Gasteiger charge is -2.15. The number of unbranched alkanes of at least 4 members (excludes halogenated alkanes) is 2. The molecule has 0 aromatic heterocycles. The van der Waals surface area contributed by atoms with E-state index in [-0.39, 0.29) is 23.9 Å². The number of rotatable bonds is 6. The molecule has 1 saturated carbocycles. The first kappa shape index (κ1) is 14.5. The van der Waals surface area contributed by atoms with E-state index in [1.807, 2.05) is 6.08 Å². The normalized spacial score (nSPS) is 35.6. The van der Waals surface area contributed by atoms with Crippen molar-refractivity contribution in [3.05, 3.63) is 12.2 Å². The fraction of sp³-hybridized carbons (Fsp3) is 0.800. The summed E-state index contributed by atoms with van der Waals surface area (Å²) in [6.07, 6.45) is 7.58. The number of hydrogen-bond acceptors (Lipinski definition) is 4. The Labute approximate surface area is 114 Å². The van der Waals surface area contributed by atoms with E-state index in [9.17, 15) is 15.0 Å². The quantitative estimate of drug-likeness (QED) is 0.438. The van der Waals surface area contributed by atoms with Crippen LogP contribution in [0, 0.1) is 11.8 Å². The molecular weight excluding hydrogens is 244 g/mol. The van der Waals surface area contributed by atoms with Crippen LogP contribution in [0.15, 0.2) is 12.2 Å². The van der Waals surface area contributed by atoms with E-state index in [0.717, 1.165) is 25.7 Å². The largest absolute Gasteiger partial charge is 0.462 e. The number of aliphatic hydroxyl groups is 2. The molecule has 2 N–H and O–H groups in total. The van der Waals surface area contributed by atoms with Gasteiger partial charge in [-0.2, -0.15) is 0 Å². The summed E-state index contributed by atoms with van der Waals surface area (Å²) in [4.78, 5) is 11.2. The van der Waals surface area contributed by atoms with Crippen molar-refractivity contribution in [2.24, 2.45) is 11.8 Å². The van der Waals surface area contributed by atoms with E-state index < -0.39 is 12.2 Å². The SMILES string of the molecule is CCCCC[C@@H](O)/C=C\[C@@H]1[C@H]2CC(=O)O[C@H]2C[C@H]1O. The van der Waals surface area contributed by atoms with Crippen LogP contribution in [-0.4, -0.2) is 34.5 Å². The van der Waals surface area contributed by atoms with Crippen LogP contribution in [0.1, 0.15) is 45.4 Å². The lowest BCUT2D eigenvalue weighted by atomic mass is 9.91. The molecule has 0 spiro atoms. The number of carbonyl (C=O) groups excluding carboxylic acids is 1. The molecule has 5 atom stereocenters. The third-order valence-electron chi connectivity index (χ3n) is 4.23. The highest BCUT2D eigenvalue weighted by Crippen LogP contribution is 2.42. The number of hydrogen-bond donors (Lipinski definition) is 2. The van der Waals surface area contributed by atoms with Gasteiger partial charge in [0.25, 0.3) is 0 Å². The number of esters is 1. The summed E-state index contributed by atoms with van der Waals surface area (Å²) in [6.45, 7) is 2.13. The van der Waals surface area contributed by atoms with Crippen LogP contribution in [0.5, 0.6) is 0 Å². The molecule has 0 aromatic rings. The van der Waals surface area contributed by atoms with Gasteiger partial charge in [0.05, 0.1) is 18.6 Å². The van der Waals surface area contributed by atoms with Crippen molar-refractivity contribution in [2.75, 3.05) is 0 Å². The van der Waals surface area contributed by atoms with Crippen molar-refractivity contribution >= 4 is 5.97 Å². The van der Waals surface area contributed by atoms with Crippen molar-refractivity contribution < 1.29 is 19.7 Å². The molecule has 2 rings (SSSR count). The summed E-state index contributed by atoms with van der Waals surface area (Å²) in [5.41, 5.74) is 0. The number of aliphatic hydroxyl groups excluding tert-OH is 2. The van der Waals surface area contributed by atoms with Gasteiger partial charge in [-0.05, 0) is 6.42 Å². The number of fused-ring (bicyclic) bond motifs is 1. The zero-order valence-electron chi connectivity index (χ0n) is 11.5. The van der Waals surface area contributed by atoms with Crippen LogP contribution >= 0.6 is 0 Å². The first-order chi connectivity index (χ1) is 9.11. The van der Waals surface area contributed by atoms with Gasteiger partial charge in [0, 0.05) is 18.3 Å². The summed E-state index contributed by atoms with van der Waals surface area (Å²) in [7, 11) is 0. The summed E-state index contributed by atoms with van der Waals surface area (Å²) < 4.78 is 5.18. The van der Waals surface area contributed by atoms with Gasteiger partial charge < -0.3 is 14.9 Å². The molecule has 2 aliphatic rings. The predicted molar refractivity (Wildman–Crippen MR) is 71.4 cm³/mol. The van der Waals surface area contributed by atoms with E-state index in [1.165, 1.54) is 0 Å². The van der Waals surface area contributed by atoms with Gasteiger partial charge in [-0.1, -0.05) is 38.3 Å². The van der Waals surface area contributed by atoms with Crippen molar-refractivity contribution in [2.45, 2.75) is 63.8 Å². The fourth-order valence-electron chi connectivity index (χ4n) is 3.14. The molecule has 1 aliphatic carbocycles. The van der Waals surface area contributed by atoms with E-state index in [0.29, 0.717) is 12.8 Å². The molecule has 2 fully saturated rings. The minimum Gasteiger partial charge on any atom is -0.462 e. The maximum absolute atomic E-state index is 11.2. The standard InChI is InChI=1S/C15H24O4/c1-2-3-4-5-10(16)6-7-11-12-8-15(18)19-14(12)9-13(11)17/h6-7,10-14,16-17H,2-5,8-9H2,1H3/b7-6-/t10-,11-,12-,13-,14+/m1/s1. The average Bonchev–Trinajstić information content (AvgIpc) is 2.82. The Kier molecular flexibility index (Phi) is 4.99. The highest BCUT2D eigenvalue weighted by atomic mass is 16.6. The smallest absolute Gasteiger partial charge is 0.306 e. The second-order valence-electron chi connectivity index (χ2n) is 5.72. The van der Waals surface area contributed by atoms with Crippen LogP contribution in [-0.2, 0) is 9.53 Å². The highest BCUT2D eigenvalue weighted by molar-refractivity contribution is 5.72. The maximum atomic E-state index is 11.2. The third-order valence-corrected chi connectivity index (χ3v) is 4.23. The van der Waals surface area contributed by atoms with Gasteiger partial charge in [0.15, 0.2) is 0 Å². The van der Waals surface area contributed by atoms with Gasteiger partial charge in [-0.25, -0.2) is 0 Å². The Balaban J connectivity index is 1.85. The van der Waals surface area contributed by atoms with Crippen LogP contribution in [0.4, 0.5) is 0 Å². The first-order valence-electron chi connectivity index (χ1n) is 7.35. The number of carbonyl (C=O) groups is 1. The Morgan fingerprint density at radius 1 is 1.47 bits per heavy atom.